The minimum atomic E-state index is -0.170. The van der Waals surface area contributed by atoms with Gasteiger partial charge in [-0.15, -0.1) is 0 Å². The van der Waals surface area contributed by atoms with Crippen molar-refractivity contribution in [3.05, 3.63) is 64.7 Å². The first-order valence-electron chi connectivity index (χ1n) is 6.11. The van der Waals surface area contributed by atoms with Crippen LogP contribution in [-0.2, 0) is 0 Å². The molecule has 2 rings (SSSR count). The number of hydrogen-bond acceptors (Lipinski definition) is 4. The number of nitrogens with one attached hydrogen (secondary N) is 1. The molecule has 21 heavy (non-hydrogen) atoms. The molecule has 0 unspecified atom stereocenters. The van der Waals surface area contributed by atoms with E-state index in [-0.39, 0.29) is 12.3 Å². The van der Waals surface area contributed by atoms with E-state index >= 15 is 0 Å². The summed E-state index contributed by atoms with van der Waals surface area (Å²) >= 11 is 5.90. The maximum absolute atomic E-state index is 12.5. The number of anilines is 1. The number of carbonyl (C=O) groups excluding carboxylic acids is 1. The molecule has 5 nitrogen and oxygen atoms in total. The molecular formula is C15H11ClN4O. The third-order valence-corrected chi connectivity index (χ3v) is 2.88. The molecule has 0 heterocycles. The molecule has 0 bridgehead atoms. The second-order valence-electron chi connectivity index (χ2n) is 4.05. The van der Waals surface area contributed by atoms with Gasteiger partial charge in [-0.3, -0.25) is 10.2 Å². The molecular weight excluding hydrogens is 288 g/mol. The van der Waals surface area contributed by atoms with Crippen molar-refractivity contribution in [2.24, 2.45) is 10.3 Å². The van der Waals surface area contributed by atoms with Crippen LogP contribution in [0, 0.1) is 11.3 Å². The molecule has 0 aromatic heterocycles. The van der Waals surface area contributed by atoms with Crippen LogP contribution in [0.1, 0.15) is 15.9 Å². The molecule has 104 valence electrons. The zero-order chi connectivity index (χ0) is 15.1. The Labute approximate surface area is 126 Å². The first-order valence-corrected chi connectivity index (χ1v) is 6.49. The fourth-order valence-electron chi connectivity index (χ4n) is 1.72. The quantitative estimate of drug-likeness (QED) is 0.394. The van der Waals surface area contributed by atoms with Gasteiger partial charge in [-0.2, -0.15) is 10.4 Å². The van der Waals surface area contributed by atoms with Crippen LogP contribution in [0.5, 0.6) is 0 Å². The van der Waals surface area contributed by atoms with Crippen molar-refractivity contribution in [3.8, 4) is 6.07 Å². The van der Waals surface area contributed by atoms with E-state index in [1.807, 2.05) is 6.07 Å². The van der Waals surface area contributed by atoms with Crippen LogP contribution >= 0.6 is 11.6 Å². The van der Waals surface area contributed by atoms with Crippen molar-refractivity contribution < 1.29 is 4.79 Å². The highest BCUT2D eigenvalue weighted by molar-refractivity contribution is 6.31. The first-order chi connectivity index (χ1) is 10.2. The fraction of sp³-hybridized carbons (Fsp3) is 0.0667. The number of halogens is 1. The average Bonchev–Trinajstić information content (AvgIpc) is 2.51. The largest absolute Gasteiger partial charge is 0.289 e. The van der Waals surface area contributed by atoms with E-state index in [0.29, 0.717) is 21.8 Å². The lowest BCUT2D eigenvalue weighted by Gasteiger charge is -2.07. The van der Waals surface area contributed by atoms with Gasteiger partial charge in [0.05, 0.1) is 11.8 Å². The van der Waals surface area contributed by atoms with Crippen LogP contribution in [0.2, 0.25) is 5.02 Å². The highest BCUT2D eigenvalue weighted by Gasteiger charge is 2.13. The Morgan fingerprint density at radius 3 is 2.81 bits per heavy atom. The summed E-state index contributed by atoms with van der Waals surface area (Å²) in [6.45, 7) is -0.0442. The Hall–Kier alpha value is -2.71. The first kappa shape index (κ1) is 14.7. The van der Waals surface area contributed by atoms with Gasteiger partial charge in [0, 0.05) is 16.1 Å². The fourth-order valence-corrected chi connectivity index (χ4v) is 1.91. The normalized spacial score (nSPS) is 10.3. The monoisotopic (exact) mass is 298 g/mol. The topological polar surface area (TPSA) is 77.6 Å². The van der Waals surface area contributed by atoms with Crippen molar-refractivity contribution in [1.29, 1.82) is 5.26 Å². The Bertz CT molecular complexity index is 722. The van der Waals surface area contributed by atoms with Gasteiger partial charge in [-0.1, -0.05) is 41.1 Å². The lowest BCUT2D eigenvalue weighted by atomic mass is 10.0. The van der Waals surface area contributed by atoms with Crippen LogP contribution in [0.3, 0.4) is 0 Å². The Balaban J connectivity index is 2.27. The van der Waals surface area contributed by atoms with E-state index in [4.69, 9.17) is 16.9 Å². The number of nitriles is 1. The summed E-state index contributed by atoms with van der Waals surface area (Å²) in [6.07, 6.45) is 0. The van der Waals surface area contributed by atoms with Crippen molar-refractivity contribution in [1.82, 2.24) is 0 Å². The Kier molecular flexibility index (Phi) is 5.02. The maximum Gasteiger partial charge on any atom is 0.195 e. The lowest BCUT2D eigenvalue weighted by molar-refractivity contribution is 0.103. The number of rotatable bonds is 5. The highest BCUT2D eigenvalue weighted by Crippen LogP contribution is 2.21. The SMILES string of the molecule is N#CCN=NNc1ccccc1C(=O)c1cccc(Cl)c1. The number of ketones is 1. The molecule has 0 aliphatic rings. The zero-order valence-corrected chi connectivity index (χ0v) is 11.7. The van der Waals surface area contributed by atoms with E-state index in [9.17, 15) is 4.79 Å². The molecule has 0 saturated carbocycles. The van der Waals surface area contributed by atoms with Gasteiger partial charge in [-0.25, -0.2) is 0 Å². The van der Waals surface area contributed by atoms with Gasteiger partial charge >= 0.3 is 0 Å². The summed E-state index contributed by atoms with van der Waals surface area (Å²) in [7, 11) is 0. The molecule has 0 aliphatic carbocycles. The van der Waals surface area contributed by atoms with Crippen molar-refractivity contribution in [2.45, 2.75) is 0 Å². The van der Waals surface area contributed by atoms with Gasteiger partial charge in [0.25, 0.3) is 0 Å². The van der Waals surface area contributed by atoms with Gasteiger partial charge in [0.2, 0.25) is 0 Å². The van der Waals surface area contributed by atoms with Crippen LogP contribution in [0.4, 0.5) is 5.69 Å². The van der Waals surface area contributed by atoms with Gasteiger partial charge in [0.1, 0.15) is 6.54 Å². The highest BCUT2D eigenvalue weighted by atomic mass is 35.5. The summed E-state index contributed by atoms with van der Waals surface area (Å²) in [5.41, 5.74) is 4.13. The number of benzene rings is 2. The molecule has 0 atom stereocenters. The van der Waals surface area contributed by atoms with E-state index in [1.54, 1.807) is 48.5 Å². The van der Waals surface area contributed by atoms with Crippen LogP contribution in [0.15, 0.2) is 58.9 Å². The van der Waals surface area contributed by atoms with Crippen molar-refractivity contribution >= 4 is 23.1 Å². The standard InChI is InChI=1S/C15H11ClN4O/c16-12-5-3-4-11(10-12)15(21)13-6-1-2-7-14(13)19-20-18-9-8-17/h1-7,10H,9H2,(H,18,19). The lowest BCUT2D eigenvalue weighted by Crippen LogP contribution is -2.05. The van der Waals surface area contributed by atoms with E-state index in [1.165, 1.54) is 0 Å². The minimum absolute atomic E-state index is 0.0442. The molecule has 0 radical (unpaired) electrons. The summed E-state index contributed by atoms with van der Waals surface area (Å²) in [6, 6.07) is 15.5. The molecule has 0 aliphatic heterocycles. The molecule has 6 heteroatoms. The average molecular weight is 299 g/mol. The Morgan fingerprint density at radius 1 is 1.24 bits per heavy atom. The predicted molar refractivity (Wildman–Crippen MR) is 80.3 cm³/mol. The molecule has 1 N–H and O–H groups in total. The van der Waals surface area contributed by atoms with Crippen molar-refractivity contribution in [2.75, 3.05) is 12.0 Å². The van der Waals surface area contributed by atoms with Gasteiger partial charge < -0.3 is 0 Å². The number of nitrogens with zero attached hydrogens (tertiary/aromatic N) is 3. The smallest absolute Gasteiger partial charge is 0.195 e. The second-order valence-corrected chi connectivity index (χ2v) is 4.49. The van der Waals surface area contributed by atoms with Gasteiger partial charge in [0.15, 0.2) is 5.78 Å². The summed E-state index contributed by atoms with van der Waals surface area (Å²) in [5.74, 6) is -0.170. The van der Waals surface area contributed by atoms with E-state index in [0.717, 1.165) is 0 Å². The molecule has 2 aromatic rings. The number of carbonyl (C=O) groups is 1. The molecule has 0 spiro atoms. The molecule has 0 amide bonds. The zero-order valence-electron chi connectivity index (χ0n) is 11.0. The summed E-state index contributed by atoms with van der Waals surface area (Å²) in [5, 5.41) is 16.1. The van der Waals surface area contributed by atoms with Gasteiger partial charge in [-0.05, 0) is 24.3 Å². The van der Waals surface area contributed by atoms with Crippen LogP contribution < -0.4 is 5.43 Å². The van der Waals surface area contributed by atoms with Crippen LogP contribution in [0.25, 0.3) is 0 Å². The maximum atomic E-state index is 12.5. The van der Waals surface area contributed by atoms with E-state index in [2.05, 4.69) is 15.8 Å². The van der Waals surface area contributed by atoms with Crippen molar-refractivity contribution in [3.63, 3.8) is 0 Å². The summed E-state index contributed by atoms with van der Waals surface area (Å²) < 4.78 is 0. The molecule has 2 aromatic carbocycles. The number of para-hydroxylation sites is 1. The second kappa shape index (κ2) is 7.17. The predicted octanol–water partition coefficient (Wildman–Crippen LogP) is 3.87. The summed E-state index contributed by atoms with van der Waals surface area (Å²) in [4.78, 5) is 12.5. The van der Waals surface area contributed by atoms with E-state index < -0.39 is 0 Å². The Morgan fingerprint density at radius 2 is 2.05 bits per heavy atom. The third kappa shape index (κ3) is 3.88. The number of hydrogen-bond donors (Lipinski definition) is 1. The third-order valence-electron chi connectivity index (χ3n) is 2.64. The van der Waals surface area contributed by atoms with Crippen LogP contribution in [-0.4, -0.2) is 12.3 Å². The molecule has 0 fully saturated rings. The minimum Gasteiger partial charge on any atom is -0.289 e. The molecule has 0 saturated heterocycles.